The average molecular weight is 478 g/mol. The van der Waals surface area contributed by atoms with E-state index in [4.69, 9.17) is 10.00 Å². The number of nitriles is 1. The Bertz CT molecular complexity index is 1050. The number of carboxylic acid groups (broad SMARTS) is 1. The molecule has 0 saturated carbocycles. The van der Waals surface area contributed by atoms with Crippen molar-refractivity contribution in [2.24, 2.45) is 0 Å². The number of hydrogen-bond acceptors (Lipinski definition) is 5. The van der Waals surface area contributed by atoms with E-state index >= 15 is 0 Å². The van der Waals surface area contributed by atoms with Gasteiger partial charge in [0, 0.05) is 12.3 Å². The van der Waals surface area contributed by atoms with E-state index in [0.717, 1.165) is 28.7 Å². The second kappa shape index (κ2) is 12.6. The van der Waals surface area contributed by atoms with Crippen LogP contribution in [0.2, 0.25) is 0 Å². The minimum absolute atomic E-state index is 0.0979. The summed E-state index contributed by atoms with van der Waals surface area (Å²) in [5.41, 5.74) is 4.37. The molecule has 0 aliphatic heterocycles. The number of carboxylic acids is 1. The minimum Gasteiger partial charge on any atom is -0.480 e. The largest absolute Gasteiger partial charge is 0.480 e. The maximum atomic E-state index is 12.8. The van der Waals surface area contributed by atoms with Crippen LogP contribution in [0.5, 0.6) is 0 Å². The lowest BCUT2D eigenvalue weighted by molar-refractivity contribution is -0.142. The van der Waals surface area contributed by atoms with Crippen LogP contribution in [0.1, 0.15) is 62.5 Å². The highest BCUT2D eigenvalue weighted by molar-refractivity contribution is 5.89. The maximum absolute atomic E-state index is 12.8. The number of alkyl carbamates (subject to hydrolysis) is 1. The molecule has 0 aromatic heterocycles. The van der Waals surface area contributed by atoms with Crippen LogP contribution in [-0.2, 0) is 14.3 Å². The molecule has 1 unspecified atom stereocenters. The predicted molar refractivity (Wildman–Crippen MR) is 131 cm³/mol. The first kappa shape index (κ1) is 25.8. The van der Waals surface area contributed by atoms with Crippen LogP contribution in [0.3, 0.4) is 0 Å². The predicted octanol–water partition coefficient (Wildman–Crippen LogP) is 4.35. The zero-order valence-electron chi connectivity index (χ0n) is 19.8. The Morgan fingerprint density at radius 1 is 0.971 bits per heavy atom. The van der Waals surface area contributed by atoms with Gasteiger partial charge in [-0.15, -0.1) is 0 Å². The van der Waals surface area contributed by atoms with Gasteiger partial charge in [-0.2, -0.15) is 5.26 Å². The number of aliphatic carboxylic acids is 1. The molecule has 2 aromatic rings. The molecular formula is C27H31N3O5. The highest BCUT2D eigenvalue weighted by atomic mass is 16.5. The van der Waals surface area contributed by atoms with E-state index < -0.39 is 30.1 Å². The Balaban J connectivity index is 1.65. The molecule has 0 fully saturated rings. The van der Waals surface area contributed by atoms with Gasteiger partial charge in [-0.1, -0.05) is 68.3 Å². The van der Waals surface area contributed by atoms with Crippen molar-refractivity contribution in [2.45, 2.75) is 63.5 Å². The minimum atomic E-state index is -1.12. The van der Waals surface area contributed by atoms with Crippen molar-refractivity contribution in [3.63, 3.8) is 0 Å². The van der Waals surface area contributed by atoms with E-state index in [-0.39, 0.29) is 25.4 Å². The molecule has 3 N–H and O–H groups in total. The number of rotatable bonds is 12. The fourth-order valence-corrected chi connectivity index (χ4v) is 4.37. The van der Waals surface area contributed by atoms with E-state index in [0.29, 0.717) is 19.3 Å². The molecule has 0 heterocycles. The Morgan fingerprint density at radius 2 is 1.57 bits per heavy atom. The van der Waals surface area contributed by atoms with Crippen LogP contribution in [0.25, 0.3) is 11.1 Å². The second-order valence-electron chi connectivity index (χ2n) is 8.61. The Labute approximate surface area is 205 Å². The first-order chi connectivity index (χ1) is 17.0. The van der Waals surface area contributed by atoms with Crippen LogP contribution in [-0.4, -0.2) is 41.8 Å². The number of carbonyl (C=O) groups excluding carboxylic acids is 2. The van der Waals surface area contributed by atoms with Gasteiger partial charge in [0.15, 0.2) is 0 Å². The van der Waals surface area contributed by atoms with Gasteiger partial charge < -0.3 is 20.5 Å². The second-order valence-corrected chi connectivity index (χ2v) is 8.61. The summed E-state index contributed by atoms with van der Waals surface area (Å²) in [5, 5.41) is 23.4. The van der Waals surface area contributed by atoms with Crippen molar-refractivity contribution in [3.8, 4) is 17.2 Å². The topological polar surface area (TPSA) is 129 Å². The highest BCUT2D eigenvalue weighted by Gasteiger charge is 2.30. The van der Waals surface area contributed by atoms with Crippen LogP contribution in [0.15, 0.2) is 48.5 Å². The summed E-state index contributed by atoms with van der Waals surface area (Å²) in [6, 6.07) is 15.9. The number of nitrogens with one attached hydrogen (secondary N) is 2. The van der Waals surface area contributed by atoms with Gasteiger partial charge in [0.25, 0.3) is 0 Å². The van der Waals surface area contributed by atoms with Crippen molar-refractivity contribution >= 4 is 18.0 Å². The lowest BCUT2D eigenvalue weighted by Gasteiger charge is -2.22. The van der Waals surface area contributed by atoms with Crippen molar-refractivity contribution in [2.75, 3.05) is 6.61 Å². The summed E-state index contributed by atoms with van der Waals surface area (Å²) >= 11 is 0. The summed E-state index contributed by atoms with van der Waals surface area (Å²) in [5.74, 6) is -1.84. The number of benzene rings is 2. The summed E-state index contributed by atoms with van der Waals surface area (Å²) in [6.07, 6.45) is 1.78. The summed E-state index contributed by atoms with van der Waals surface area (Å²) < 4.78 is 5.53. The van der Waals surface area contributed by atoms with Gasteiger partial charge in [0.2, 0.25) is 5.91 Å². The first-order valence-corrected chi connectivity index (χ1v) is 12.0. The number of amides is 2. The number of ether oxygens (including phenoxy) is 1. The molecule has 0 bridgehead atoms. The van der Waals surface area contributed by atoms with E-state index in [1.807, 2.05) is 61.5 Å². The summed E-state index contributed by atoms with van der Waals surface area (Å²) in [7, 11) is 0. The van der Waals surface area contributed by atoms with Gasteiger partial charge in [-0.25, -0.2) is 9.59 Å². The van der Waals surface area contributed by atoms with Crippen molar-refractivity contribution < 1.29 is 24.2 Å². The molecule has 0 saturated heterocycles. The molecule has 35 heavy (non-hydrogen) atoms. The average Bonchev–Trinajstić information content (AvgIpc) is 3.18. The van der Waals surface area contributed by atoms with Gasteiger partial charge in [-0.3, -0.25) is 4.79 Å². The smallest absolute Gasteiger partial charge is 0.407 e. The monoisotopic (exact) mass is 477 g/mol. The molecule has 2 amide bonds. The maximum Gasteiger partial charge on any atom is 0.407 e. The van der Waals surface area contributed by atoms with Gasteiger partial charge in [0.1, 0.15) is 18.7 Å². The molecule has 0 radical (unpaired) electrons. The summed E-state index contributed by atoms with van der Waals surface area (Å²) in [4.78, 5) is 37.0. The van der Waals surface area contributed by atoms with Crippen LogP contribution < -0.4 is 10.6 Å². The van der Waals surface area contributed by atoms with E-state index in [1.165, 1.54) is 0 Å². The van der Waals surface area contributed by atoms with Gasteiger partial charge in [-0.05, 0) is 41.5 Å². The van der Waals surface area contributed by atoms with E-state index in [2.05, 4.69) is 10.6 Å². The van der Waals surface area contributed by atoms with E-state index in [9.17, 15) is 19.5 Å². The number of fused-ring (bicyclic) bond motifs is 3. The zero-order chi connectivity index (χ0) is 25.2. The molecule has 184 valence electrons. The highest BCUT2D eigenvalue weighted by Crippen LogP contribution is 2.44. The fourth-order valence-electron chi connectivity index (χ4n) is 4.37. The molecule has 2 atom stereocenters. The van der Waals surface area contributed by atoms with Gasteiger partial charge >= 0.3 is 12.1 Å². The third kappa shape index (κ3) is 6.60. The molecule has 8 nitrogen and oxygen atoms in total. The number of nitrogens with zero attached hydrogens (tertiary/aromatic N) is 1. The fraction of sp³-hybridized carbons (Fsp3) is 0.407. The third-order valence-corrected chi connectivity index (χ3v) is 6.19. The molecule has 1 aliphatic carbocycles. The standard InChI is InChI=1S/C27H31N3O5/c1-2-3-14-24(26(32)33)29-25(31)23(15-8-9-16-28)30-27(34)35-17-22-20-12-6-4-10-18(20)19-11-5-7-13-21(19)22/h4-7,10-13,22-24H,2-3,8-9,14-15,17H2,1H3,(H,29,31)(H,30,34)(H,32,33)/t23?,24-/m0/s1. The van der Waals surface area contributed by atoms with Crippen molar-refractivity contribution in [3.05, 3.63) is 59.7 Å². The SMILES string of the molecule is CCCC[C@H](NC(=O)C(CCCC#N)NC(=O)OCC1c2ccccc2-c2ccccc21)C(=O)O. The first-order valence-electron chi connectivity index (χ1n) is 12.0. The summed E-state index contributed by atoms with van der Waals surface area (Å²) in [6.45, 7) is 2.03. The number of hydrogen-bond donors (Lipinski definition) is 3. The Hall–Kier alpha value is -3.86. The quantitative estimate of drug-likeness (QED) is 0.390. The number of carbonyl (C=O) groups is 3. The normalized spacial score (nSPS) is 13.6. The lowest BCUT2D eigenvalue weighted by atomic mass is 9.98. The Morgan fingerprint density at radius 3 is 2.14 bits per heavy atom. The third-order valence-electron chi connectivity index (χ3n) is 6.19. The molecule has 0 spiro atoms. The number of unbranched alkanes of at least 4 members (excludes halogenated alkanes) is 2. The zero-order valence-corrected chi connectivity index (χ0v) is 19.8. The molecule has 1 aliphatic rings. The van der Waals surface area contributed by atoms with Crippen LogP contribution in [0, 0.1) is 11.3 Å². The molecule has 3 rings (SSSR count). The van der Waals surface area contributed by atoms with Crippen molar-refractivity contribution in [1.29, 1.82) is 5.26 Å². The van der Waals surface area contributed by atoms with E-state index in [1.54, 1.807) is 0 Å². The van der Waals surface area contributed by atoms with Crippen molar-refractivity contribution in [1.82, 2.24) is 10.6 Å². The lowest BCUT2D eigenvalue weighted by Crippen LogP contribution is -2.51. The Kier molecular flexibility index (Phi) is 9.24. The van der Waals surface area contributed by atoms with Crippen LogP contribution >= 0.6 is 0 Å². The molecule has 2 aromatic carbocycles. The molecular weight excluding hydrogens is 446 g/mol. The van der Waals surface area contributed by atoms with Crippen LogP contribution in [0.4, 0.5) is 4.79 Å². The molecule has 8 heteroatoms. The van der Waals surface area contributed by atoms with Gasteiger partial charge in [0.05, 0.1) is 6.07 Å².